The van der Waals surface area contributed by atoms with Crippen molar-refractivity contribution in [2.45, 2.75) is 6.92 Å². The quantitative estimate of drug-likeness (QED) is 0.471. The minimum absolute atomic E-state index is 0.924. The van der Waals surface area contributed by atoms with E-state index in [4.69, 9.17) is 4.42 Å². The van der Waals surface area contributed by atoms with Crippen LogP contribution in [0.25, 0.3) is 21.9 Å². The molecule has 1 aromatic heterocycles. The van der Waals surface area contributed by atoms with Gasteiger partial charge in [0.05, 0.1) is 11.1 Å². The lowest BCUT2D eigenvalue weighted by atomic mass is 10.1. The van der Waals surface area contributed by atoms with Gasteiger partial charge in [-0.1, -0.05) is 30.3 Å². The van der Waals surface area contributed by atoms with Gasteiger partial charge in [0, 0.05) is 37.4 Å². The number of fused-ring (bicyclic) bond motifs is 3. The van der Waals surface area contributed by atoms with Crippen molar-refractivity contribution in [3.63, 3.8) is 0 Å². The second-order valence-corrected chi connectivity index (χ2v) is 6.34. The Labute approximate surface area is 148 Å². The largest absolute Gasteiger partial charge is 0.456 e. The number of furan rings is 1. The third-order valence-electron chi connectivity index (χ3n) is 4.87. The van der Waals surface area contributed by atoms with Crippen LogP contribution in [0.4, 0.5) is 17.1 Å². The molecule has 0 spiro atoms. The van der Waals surface area contributed by atoms with Gasteiger partial charge in [-0.05, 0) is 43.3 Å². The summed E-state index contributed by atoms with van der Waals surface area (Å²) in [5, 5.41) is 2.32. The summed E-state index contributed by atoms with van der Waals surface area (Å²) < 4.78 is 6.02. The van der Waals surface area contributed by atoms with E-state index in [-0.39, 0.29) is 0 Å². The SMILES string of the molecule is CCN(C)c1cccc(N(C)c2cccc3oc4ccccc4c23)c1. The highest BCUT2D eigenvalue weighted by Gasteiger charge is 2.14. The average molecular weight is 330 g/mol. The summed E-state index contributed by atoms with van der Waals surface area (Å²) in [5.41, 5.74) is 5.38. The summed E-state index contributed by atoms with van der Waals surface area (Å²) in [6, 6.07) is 23.1. The minimum atomic E-state index is 0.924. The van der Waals surface area contributed by atoms with Gasteiger partial charge in [-0.2, -0.15) is 0 Å². The average Bonchev–Trinajstić information content (AvgIpc) is 3.05. The van der Waals surface area contributed by atoms with Crippen molar-refractivity contribution in [2.24, 2.45) is 0 Å². The lowest BCUT2D eigenvalue weighted by molar-refractivity contribution is 0.669. The lowest BCUT2D eigenvalue weighted by Gasteiger charge is -2.23. The van der Waals surface area contributed by atoms with Crippen LogP contribution >= 0.6 is 0 Å². The molecule has 0 aliphatic rings. The van der Waals surface area contributed by atoms with Gasteiger partial charge < -0.3 is 14.2 Å². The van der Waals surface area contributed by atoms with Crippen LogP contribution in [0.1, 0.15) is 6.92 Å². The number of para-hydroxylation sites is 1. The maximum Gasteiger partial charge on any atom is 0.137 e. The maximum absolute atomic E-state index is 6.02. The van der Waals surface area contributed by atoms with Crippen molar-refractivity contribution in [1.82, 2.24) is 0 Å². The summed E-state index contributed by atoms with van der Waals surface area (Å²) in [5.74, 6) is 0. The third kappa shape index (κ3) is 2.62. The normalized spacial score (nSPS) is 11.2. The van der Waals surface area contributed by atoms with Crippen LogP contribution in [-0.2, 0) is 0 Å². The fraction of sp³-hybridized carbons (Fsp3) is 0.182. The number of nitrogens with zero attached hydrogens (tertiary/aromatic N) is 2. The van der Waals surface area contributed by atoms with E-state index in [2.05, 4.69) is 79.3 Å². The number of hydrogen-bond donors (Lipinski definition) is 0. The van der Waals surface area contributed by atoms with E-state index in [1.54, 1.807) is 0 Å². The molecular formula is C22H22N2O. The van der Waals surface area contributed by atoms with Crippen molar-refractivity contribution >= 4 is 39.0 Å². The first-order chi connectivity index (χ1) is 12.2. The Bertz CT molecular complexity index is 1030. The van der Waals surface area contributed by atoms with Crippen molar-refractivity contribution in [2.75, 3.05) is 30.4 Å². The monoisotopic (exact) mass is 330 g/mol. The van der Waals surface area contributed by atoms with Crippen molar-refractivity contribution in [3.05, 3.63) is 66.7 Å². The van der Waals surface area contributed by atoms with Crippen LogP contribution in [0, 0.1) is 0 Å². The highest BCUT2D eigenvalue weighted by Crippen LogP contribution is 2.38. The molecule has 126 valence electrons. The Kier molecular flexibility index (Phi) is 3.85. The molecule has 0 bridgehead atoms. The Balaban J connectivity index is 1.87. The second kappa shape index (κ2) is 6.17. The van der Waals surface area contributed by atoms with Gasteiger partial charge in [-0.15, -0.1) is 0 Å². The standard InChI is InChI=1S/C22H22N2O/c1-4-23(2)16-9-7-10-17(15-16)24(3)19-12-8-14-21-22(19)18-11-5-6-13-20(18)25-21/h5-15H,4H2,1-3H3. The zero-order chi connectivity index (χ0) is 17.4. The van der Waals surface area contributed by atoms with Crippen LogP contribution < -0.4 is 9.80 Å². The van der Waals surface area contributed by atoms with Crippen LogP contribution in [0.2, 0.25) is 0 Å². The van der Waals surface area contributed by atoms with Crippen molar-refractivity contribution in [1.29, 1.82) is 0 Å². The van der Waals surface area contributed by atoms with Gasteiger partial charge in [0.1, 0.15) is 11.2 Å². The molecule has 0 fully saturated rings. The first-order valence-electron chi connectivity index (χ1n) is 8.64. The Hall–Kier alpha value is -2.94. The molecule has 4 rings (SSSR count). The van der Waals surface area contributed by atoms with Crippen LogP contribution in [0.3, 0.4) is 0 Å². The molecule has 0 N–H and O–H groups in total. The third-order valence-corrected chi connectivity index (χ3v) is 4.87. The summed E-state index contributed by atoms with van der Waals surface area (Å²) in [6.07, 6.45) is 0. The smallest absolute Gasteiger partial charge is 0.137 e. The summed E-state index contributed by atoms with van der Waals surface area (Å²) in [6.45, 7) is 3.14. The van der Waals surface area contributed by atoms with Crippen LogP contribution in [0.15, 0.2) is 71.1 Å². The molecular weight excluding hydrogens is 308 g/mol. The molecule has 0 atom stereocenters. The van der Waals surface area contributed by atoms with E-state index in [0.29, 0.717) is 0 Å². The minimum Gasteiger partial charge on any atom is -0.456 e. The van der Waals surface area contributed by atoms with Gasteiger partial charge in [0.25, 0.3) is 0 Å². The van der Waals surface area contributed by atoms with E-state index in [0.717, 1.165) is 39.9 Å². The number of anilines is 3. The molecule has 3 nitrogen and oxygen atoms in total. The lowest BCUT2D eigenvalue weighted by Crippen LogP contribution is -2.16. The Morgan fingerprint density at radius 1 is 0.800 bits per heavy atom. The number of benzene rings is 3. The molecule has 0 saturated heterocycles. The van der Waals surface area contributed by atoms with Gasteiger partial charge in [0.15, 0.2) is 0 Å². The van der Waals surface area contributed by atoms with Gasteiger partial charge in [0.2, 0.25) is 0 Å². The molecule has 1 heterocycles. The molecule has 0 aliphatic carbocycles. The van der Waals surface area contributed by atoms with E-state index in [1.807, 2.05) is 18.2 Å². The molecule has 0 saturated carbocycles. The molecule has 0 unspecified atom stereocenters. The summed E-state index contributed by atoms with van der Waals surface area (Å²) in [4.78, 5) is 4.47. The Morgan fingerprint density at radius 3 is 2.36 bits per heavy atom. The van der Waals surface area contributed by atoms with Crippen LogP contribution in [0.5, 0.6) is 0 Å². The van der Waals surface area contributed by atoms with E-state index in [1.165, 1.54) is 5.69 Å². The molecule has 0 amide bonds. The topological polar surface area (TPSA) is 19.6 Å². The van der Waals surface area contributed by atoms with Gasteiger partial charge in [-0.3, -0.25) is 0 Å². The second-order valence-electron chi connectivity index (χ2n) is 6.34. The van der Waals surface area contributed by atoms with Crippen molar-refractivity contribution in [3.8, 4) is 0 Å². The zero-order valence-corrected chi connectivity index (χ0v) is 14.9. The summed E-state index contributed by atoms with van der Waals surface area (Å²) in [7, 11) is 4.23. The first kappa shape index (κ1) is 15.6. The van der Waals surface area contributed by atoms with Crippen LogP contribution in [-0.4, -0.2) is 20.6 Å². The molecule has 3 aromatic carbocycles. The first-order valence-corrected chi connectivity index (χ1v) is 8.64. The summed E-state index contributed by atoms with van der Waals surface area (Å²) >= 11 is 0. The van der Waals surface area contributed by atoms with Crippen molar-refractivity contribution < 1.29 is 4.42 Å². The fourth-order valence-corrected chi connectivity index (χ4v) is 3.30. The predicted octanol–water partition coefficient (Wildman–Crippen LogP) is 5.81. The van der Waals surface area contributed by atoms with E-state index in [9.17, 15) is 0 Å². The highest BCUT2D eigenvalue weighted by molar-refractivity contribution is 6.12. The molecule has 0 radical (unpaired) electrons. The number of hydrogen-bond acceptors (Lipinski definition) is 3. The molecule has 0 aliphatic heterocycles. The fourth-order valence-electron chi connectivity index (χ4n) is 3.30. The van der Waals surface area contributed by atoms with Gasteiger partial charge in [-0.25, -0.2) is 0 Å². The number of rotatable bonds is 4. The molecule has 3 heteroatoms. The molecule has 25 heavy (non-hydrogen) atoms. The van der Waals surface area contributed by atoms with E-state index < -0.39 is 0 Å². The van der Waals surface area contributed by atoms with E-state index >= 15 is 0 Å². The highest BCUT2D eigenvalue weighted by atomic mass is 16.3. The van der Waals surface area contributed by atoms with Gasteiger partial charge >= 0.3 is 0 Å². The predicted molar refractivity (Wildman–Crippen MR) is 107 cm³/mol. The zero-order valence-electron chi connectivity index (χ0n) is 14.9. The maximum atomic E-state index is 6.02. The molecule has 4 aromatic rings. The Morgan fingerprint density at radius 2 is 1.52 bits per heavy atom.